The number of nitrogens with zero attached hydrogens (tertiary/aromatic N) is 1. The van der Waals surface area contributed by atoms with E-state index in [0.29, 0.717) is 16.3 Å². The number of amides is 5. The number of halogens is 2. The van der Waals surface area contributed by atoms with Gasteiger partial charge in [-0.3, -0.25) is 19.7 Å². The summed E-state index contributed by atoms with van der Waals surface area (Å²) in [7, 11) is 1.37. The number of carbonyl (C=O) groups excluding carboxylic acids is 4. The highest BCUT2D eigenvalue weighted by Gasteiger charge is 2.36. The number of anilines is 2. The van der Waals surface area contributed by atoms with Crippen LogP contribution in [0.15, 0.2) is 72.3 Å². The molecule has 0 atom stereocenters. The number of imide groups is 2. The number of barbiturate groups is 1. The van der Waals surface area contributed by atoms with Crippen LogP contribution in [0.2, 0.25) is 10.0 Å². The summed E-state index contributed by atoms with van der Waals surface area (Å²) < 4.78 is 10.9. The summed E-state index contributed by atoms with van der Waals surface area (Å²) in [5.41, 5.74) is 0.867. The molecule has 4 rings (SSSR count). The molecule has 37 heavy (non-hydrogen) atoms. The van der Waals surface area contributed by atoms with E-state index in [4.69, 9.17) is 32.7 Å². The number of hydrogen-bond acceptors (Lipinski definition) is 6. The van der Waals surface area contributed by atoms with Crippen molar-refractivity contribution < 1.29 is 28.7 Å². The Labute approximate surface area is 221 Å². The van der Waals surface area contributed by atoms with Gasteiger partial charge in [0.1, 0.15) is 5.57 Å². The van der Waals surface area contributed by atoms with E-state index in [2.05, 4.69) is 10.6 Å². The minimum Gasteiger partial charge on any atom is -0.493 e. The van der Waals surface area contributed by atoms with E-state index in [-0.39, 0.29) is 34.4 Å². The molecule has 1 heterocycles. The third-order valence-corrected chi connectivity index (χ3v) is 5.69. The summed E-state index contributed by atoms with van der Waals surface area (Å²) in [4.78, 5) is 51.0. The summed E-state index contributed by atoms with van der Waals surface area (Å²) in [6.07, 6.45) is 1.27. The SMILES string of the molecule is COc1cc(/C=C2\C(=O)NC(=O)N(c3ccc(Cl)cc3)C2=O)cc(Cl)c1OCC(=O)Nc1ccccc1. The lowest BCUT2D eigenvalue weighted by Crippen LogP contribution is -2.54. The zero-order valence-electron chi connectivity index (χ0n) is 19.3. The van der Waals surface area contributed by atoms with E-state index in [1.165, 1.54) is 49.6 Å². The monoisotopic (exact) mass is 539 g/mol. The Bertz CT molecular complexity index is 1410. The lowest BCUT2D eigenvalue weighted by atomic mass is 10.1. The largest absolute Gasteiger partial charge is 0.493 e. The number of ether oxygens (including phenoxy) is 2. The third kappa shape index (κ3) is 5.91. The van der Waals surface area contributed by atoms with Crippen molar-refractivity contribution in [2.45, 2.75) is 0 Å². The van der Waals surface area contributed by atoms with Gasteiger partial charge in [0, 0.05) is 10.7 Å². The number of benzene rings is 3. The van der Waals surface area contributed by atoms with Crippen LogP contribution in [0.4, 0.5) is 16.2 Å². The van der Waals surface area contributed by atoms with Gasteiger partial charge >= 0.3 is 6.03 Å². The second kappa shape index (κ2) is 11.2. The highest BCUT2D eigenvalue weighted by atomic mass is 35.5. The zero-order valence-corrected chi connectivity index (χ0v) is 20.8. The number of rotatable bonds is 7. The average molecular weight is 540 g/mol. The third-order valence-electron chi connectivity index (χ3n) is 5.15. The Morgan fingerprint density at radius 3 is 2.41 bits per heavy atom. The molecule has 0 bridgehead atoms. The molecule has 11 heteroatoms. The Morgan fingerprint density at radius 1 is 1.03 bits per heavy atom. The Morgan fingerprint density at radius 2 is 1.73 bits per heavy atom. The van der Waals surface area contributed by atoms with Crippen molar-refractivity contribution in [3.63, 3.8) is 0 Å². The lowest BCUT2D eigenvalue weighted by molar-refractivity contribution is -0.122. The van der Waals surface area contributed by atoms with Crippen molar-refractivity contribution in [1.82, 2.24) is 5.32 Å². The zero-order chi connectivity index (χ0) is 26.5. The van der Waals surface area contributed by atoms with Crippen LogP contribution in [0.1, 0.15) is 5.56 Å². The van der Waals surface area contributed by atoms with Crippen LogP contribution >= 0.6 is 23.2 Å². The topological polar surface area (TPSA) is 114 Å². The fourth-order valence-corrected chi connectivity index (χ4v) is 3.87. The second-order valence-electron chi connectivity index (χ2n) is 7.67. The van der Waals surface area contributed by atoms with Crippen LogP contribution in [0, 0.1) is 0 Å². The van der Waals surface area contributed by atoms with Crippen LogP contribution in [-0.2, 0) is 14.4 Å². The molecule has 0 spiro atoms. The molecule has 1 saturated heterocycles. The quantitative estimate of drug-likeness (QED) is 0.332. The molecule has 1 aliphatic rings. The number of methoxy groups -OCH3 is 1. The Kier molecular flexibility index (Phi) is 7.76. The van der Waals surface area contributed by atoms with Gasteiger partial charge in [-0.2, -0.15) is 0 Å². The first-order valence-corrected chi connectivity index (χ1v) is 11.5. The van der Waals surface area contributed by atoms with Crippen molar-refractivity contribution in [1.29, 1.82) is 0 Å². The molecule has 5 amide bonds. The van der Waals surface area contributed by atoms with E-state index in [9.17, 15) is 19.2 Å². The maximum Gasteiger partial charge on any atom is 0.335 e. The first-order chi connectivity index (χ1) is 17.8. The summed E-state index contributed by atoms with van der Waals surface area (Å²) in [6, 6.07) is 16.9. The van der Waals surface area contributed by atoms with Crippen LogP contribution in [0.5, 0.6) is 11.5 Å². The molecule has 3 aromatic carbocycles. The molecule has 0 radical (unpaired) electrons. The maximum absolute atomic E-state index is 13.1. The predicted molar refractivity (Wildman–Crippen MR) is 139 cm³/mol. The number of hydrogen-bond donors (Lipinski definition) is 2. The normalized spacial score (nSPS) is 14.4. The lowest BCUT2D eigenvalue weighted by Gasteiger charge is -2.26. The first kappa shape index (κ1) is 25.7. The molecule has 3 aromatic rings. The predicted octanol–water partition coefficient (Wildman–Crippen LogP) is 4.69. The highest BCUT2D eigenvalue weighted by molar-refractivity contribution is 6.39. The van der Waals surface area contributed by atoms with Crippen LogP contribution in [0.3, 0.4) is 0 Å². The minimum atomic E-state index is -0.886. The molecular weight excluding hydrogens is 521 g/mol. The van der Waals surface area contributed by atoms with Gasteiger partial charge in [0.25, 0.3) is 17.7 Å². The van der Waals surface area contributed by atoms with Gasteiger partial charge in [-0.1, -0.05) is 41.4 Å². The van der Waals surface area contributed by atoms with E-state index >= 15 is 0 Å². The van der Waals surface area contributed by atoms with E-state index < -0.39 is 23.8 Å². The number of carbonyl (C=O) groups is 4. The summed E-state index contributed by atoms with van der Waals surface area (Å²) in [5.74, 6) is -1.84. The number of urea groups is 1. The number of para-hydroxylation sites is 1. The van der Waals surface area contributed by atoms with Gasteiger partial charge < -0.3 is 14.8 Å². The van der Waals surface area contributed by atoms with Gasteiger partial charge in [-0.15, -0.1) is 0 Å². The molecule has 9 nitrogen and oxygen atoms in total. The molecule has 0 unspecified atom stereocenters. The van der Waals surface area contributed by atoms with Crippen molar-refractivity contribution in [2.75, 3.05) is 23.9 Å². The van der Waals surface area contributed by atoms with Gasteiger partial charge in [0.05, 0.1) is 17.8 Å². The second-order valence-corrected chi connectivity index (χ2v) is 8.51. The molecule has 0 saturated carbocycles. The smallest absolute Gasteiger partial charge is 0.335 e. The summed E-state index contributed by atoms with van der Waals surface area (Å²) >= 11 is 12.3. The van der Waals surface area contributed by atoms with Crippen molar-refractivity contribution in [3.05, 3.63) is 87.9 Å². The Hall–Kier alpha value is -4.34. The molecule has 188 valence electrons. The minimum absolute atomic E-state index is 0.0769. The van der Waals surface area contributed by atoms with E-state index in [0.717, 1.165) is 4.90 Å². The van der Waals surface area contributed by atoms with Gasteiger partial charge in [0.15, 0.2) is 18.1 Å². The summed E-state index contributed by atoms with van der Waals surface area (Å²) in [5, 5.41) is 5.33. The van der Waals surface area contributed by atoms with Crippen molar-refractivity contribution in [2.24, 2.45) is 0 Å². The maximum atomic E-state index is 13.1. The van der Waals surface area contributed by atoms with Crippen LogP contribution in [0.25, 0.3) is 6.08 Å². The van der Waals surface area contributed by atoms with Gasteiger partial charge in [-0.25, -0.2) is 9.69 Å². The van der Waals surface area contributed by atoms with Crippen molar-refractivity contribution in [3.8, 4) is 11.5 Å². The van der Waals surface area contributed by atoms with Gasteiger partial charge in [0.2, 0.25) is 0 Å². The fourth-order valence-electron chi connectivity index (χ4n) is 3.47. The first-order valence-electron chi connectivity index (χ1n) is 10.8. The molecule has 1 fully saturated rings. The van der Waals surface area contributed by atoms with Crippen LogP contribution < -0.4 is 25.0 Å². The summed E-state index contributed by atoms with van der Waals surface area (Å²) in [6.45, 7) is -0.343. The van der Waals surface area contributed by atoms with Crippen LogP contribution in [-0.4, -0.2) is 37.5 Å². The molecule has 1 aliphatic heterocycles. The van der Waals surface area contributed by atoms with Crippen molar-refractivity contribution >= 4 is 64.4 Å². The highest BCUT2D eigenvalue weighted by Crippen LogP contribution is 2.37. The Balaban J connectivity index is 1.56. The molecule has 0 aliphatic carbocycles. The number of nitrogens with one attached hydrogen (secondary N) is 2. The standard InChI is InChI=1S/C26H19Cl2N3O6/c1-36-21-13-15(12-20(28)23(21)37-14-22(32)29-17-5-3-2-4-6-17)11-19-24(33)30-26(35)31(25(19)34)18-9-7-16(27)8-10-18/h2-13H,14H2,1H3,(H,29,32)(H,30,33,35)/b19-11+. The van der Waals surface area contributed by atoms with E-state index in [1.54, 1.807) is 24.3 Å². The average Bonchev–Trinajstić information content (AvgIpc) is 2.87. The van der Waals surface area contributed by atoms with E-state index in [1.807, 2.05) is 6.07 Å². The van der Waals surface area contributed by atoms with Gasteiger partial charge in [-0.05, 0) is 60.2 Å². The molecule has 0 aromatic heterocycles. The fraction of sp³-hybridized carbons (Fsp3) is 0.0769. The molecular formula is C26H19Cl2N3O6. The molecule has 2 N–H and O–H groups in total.